The first kappa shape index (κ1) is 15.7. The summed E-state index contributed by atoms with van der Waals surface area (Å²) in [5.41, 5.74) is 0.832. The number of carbonyl (C=O) groups excluding carboxylic acids is 1. The van der Waals surface area contributed by atoms with Crippen LogP contribution in [0.3, 0.4) is 0 Å². The predicted molar refractivity (Wildman–Crippen MR) is 86.7 cm³/mol. The fourth-order valence-corrected chi connectivity index (χ4v) is 3.08. The molecule has 0 spiro atoms. The van der Waals surface area contributed by atoms with Crippen molar-refractivity contribution in [2.24, 2.45) is 0 Å². The quantitative estimate of drug-likeness (QED) is 0.932. The molecule has 0 bridgehead atoms. The molecule has 3 rings (SSSR count). The molecular weight excluding hydrogens is 294 g/mol. The lowest BCUT2D eigenvalue weighted by Crippen LogP contribution is -2.56. The van der Waals surface area contributed by atoms with E-state index in [4.69, 9.17) is 4.74 Å². The molecule has 1 unspecified atom stereocenters. The molecule has 6 heteroatoms. The lowest BCUT2D eigenvalue weighted by atomic mass is 9.75. The summed E-state index contributed by atoms with van der Waals surface area (Å²) in [7, 11) is 1.66. The summed E-state index contributed by atoms with van der Waals surface area (Å²) in [6.07, 6.45) is 5.95. The van der Waals surface area contributed by atoms with Crippen LogP contribution in [0.25, 0.3) is 5.65 Å². The molecule has 0 radical (unpaired) electrons. The monoisotopic (exact) mass is 315 g/mol. The molecule has 1 aliphatic rings. The van der Waals surface area contributed by atoms with Crippen molar-refractivity contribution in [1.29, 1.82) is 0 Å². The van der Waals surface area contributed by atoms with E-state index in [0.29, 0.717) is 5.65 Å². The van der Waals surface area contributed by atoms with Crippen molar-refractivity contribution in [3.8, 4) is 0 Å². The maximum Gasteiger partial charge on any atom is 0.270 e. The number of amides is 1. The van der Waals surface area contributed by atoms with Crippen LogP contribution in [0.15, 0.2) is 29.3 Å². The molecule has 2 aromatic rings. The fraction of sp³-hybridized carbons (Fsp3) is 0.471. The maximum atomic E-state index is 12.5. The Morgan fingerprint density at radius 2 is 2.17 bits per heavy atom. The predicted octanol–water partition coefficient (Wildman–Crippen LogP) is 1.69. The number of rotatable bonds is 4. The molecular formula is C17H21N3O3. The van der Waals surface area contributed by atoms with E-state index in [-0.39, 0.29) is 22.8 Å². The molecule has 1 amide bonds. The third-order valence-electron chi connectivity index (χ3n) is 4.84. The SMILES string of the molecule is COC1(C(C)NC(=O)c2cnc3ccc(C)cn3c2=O)CCC1. The number of nitrogens with one attached hydrogen (secondary N) is 1. The Balaban J connectivity index is 1.89. The fourth-order valence-electron chi connectivity index (χ4n) is 3.08. The summed E-state index contributed by atoms with van der Waals surface area (Å²) in [6, 6.07) is 3.48. The lowest BCUT2D eigenvalue weighted by molar-refractivity contribution is -0.0919. The number of fused-ring (bicyclic) bond motifs is 1. The summed E-state index contributed by atoms with van der Waals surface area (Å²) in [6.45, 7) is 3.80. The Morgan fingerprint density at radius 3 is 2.78 bits per heavy atom. The van der Waals surface area contributed by atoms with Crippen LogP contribution in [0.1, 0.15) is 42.1 Å². The van der Waals surface area contributed by atoms with Gasteiger partial charge in [0.2, 0.25) is 0 Å². The second-order valence-corrected chi connectivity index (χ2v) is 6.23. The number of ether oxygens (including phenoxy) is 1. The van der Waals surface area contributed by atoms with E-state index in [1.807, 2.05) is 19.9 Å². The van der Waals surface area contributed by atoms with Gasteiger partial charge in [0.05, 0.1) is 11.6 Å². The van der Waals surface area contributed by atoms with Gasteiger partial charge in [0, 0.05) is 19.5 Å². The molecule has 1 atom stereocenters. The van der Waals surface area contributed by atoms with Gasteiger partial charge < -0.3 is 10.1 Å². The molecule has 122 valence electrons. The zero-order chi connectivity index (χ0) is 16.6. The second kappa shape index (κ2) is 5.77. The highest BCUT2D eigenvalue weighted by Crippen LogP contribution is 2.37. The minimum Gasteiger partial charge on any atom is -0.376 e. The zero-order valence-corrected chi connectivity index (χ0v) is 13.6. The van der Waals surface area contributed by atoms with Gasteiger partial charge in [-0.2, -0.15) is 0 Å². The van der Waals surface area contributed by atoms with E-state index in [1.54, 1.807) is 19.4 Å². The topological polar surface area (TPSA) is 72.7 Å². The summed E-state index contributed by atoms with van der Waals surface area (Å²) < 4.78 is 6.98. The second-order valence-electron chi connectivity index (χ2n) is 6.23. The minimum atomic E-state index is -0.408. The Labute approximate surface area is 134 Å². The molecule has 1 N–H and O–H groups in total. The maximum absolute atomic E-state index is 12.5. The summed E-state index contributed by atoms with van der Waals surface area (Å²) in [5.74, 6) is -0.408. The van der Waals surface area contributed by atoms with Gasteiger partial charge in [-0.1, -0.05) is 6.07 Å². The first-order valence-electron chi connectivity index (χ1n) is 7.81. The van der Waals surface area contributed by atoms with E-state index in [9.17, 15) is 9.59 Å². The van der Waals surface area contributed by atoms with Crippen LogP contribution >= 0.6 is 0 Å². The van der Waals surface area contributed by atoms with Crippen LogP contribution in [-0.4, -0.2) is 34.0 Å². The molecule has 23 heavy (non-hydrogen) atoms. The van der Waals surface area contributed by atoms with E-state index in [0.717, 1.165) is 24.8 Å². The smallest absolute Gasteiger partial charge is 0.270 e. The molecule has 1 aliphatic carbocycles. The van der Waals surface area contributed by atoms with Gasteiger partial charge in [-0.3, -0.25) is 14.0 Å². The highest BCUT2D eigenvalue weighted by atomic mass is 16.5. The number of hydrogen-bond acceptors (Lipinski definition) is 4. The number of nitrogens with zero attached hydrogens (tertiary/aromatic N) is 2. The summed E-state index contributed by atoms with van der Waals surface area (Å²) in [4.78, 5) is 29.2. The van der Waals surface area contributed by atoms with Gasteiger partial charge in [-0.25, -0.2) is 4.98 Å². The molecule has 0 aromatic carbocycles. The number of carbonyl (C=O) groups is 1. The lowest BCUT2D eigenvalue weighted by Gasteiger charge is -2.45. The van der Waals surface area contributed by atoms with Gasteiger partial charge in [0.15, 0.2) is 0 Å². The number of aryl methyl sites for hydroxylation is 1. The summed E-state index contributed by atoms with van der Waals surface area (Å²) in [5, 5.41) is 2.89. The van der Waals surface area contributed by atoms with Gasteiger partial charge >= 0.3 is 0 Å². The number of methoxy groups -OCH3 is 1. The normalized spacial score (nSPS) is 17.5. The molecule has 6 nitrogen and oxygen atoms in total. The van der Waals surface area contributed by atoms with Crippen molar-refractivity contribution in [2.75, 3.05) is 7.11 Å². The largest absolute Gasteiger partial charge is 0.376 e. The third kappa shape index (κ3) is 2.63. The standard InChI is InChI=1S/C17H21N3O3/c1-11-5-6-14-18-9-13(16(22)20(14)10-11)15(21)19-12(2)17(23-3)7-4-8-17/h5-6,9-10,12H,4,7-8H2,1-3H3,(H,19,21). The van der Waals surface area contributed by atoms with Crippen LogP contribution in [0.4, 0.5) is 0 Å². The van der Waals surface area contributed by atoms with E-state index in [1.165, 1.54) is 10.6 Å². The first-order chi connectivity index (χ1) is 11.0. The Bertz CT molecular complexity index is 803. The van der Waals surface area contributed by atoms with Crippen LogP contribution in [0.2, 0.25) is 0 Å². The number of hydrogen-bond donors (Lipinski definition) is 1. The molecule has 0 saturated heterocycles. The zero-order valence-electron chi connectivity index (χ0n) is 13.6. The van der Waals surface area contributed by atoms with Crippen LogP contribution in [-0.2, 0) is 4.74 Å². The van der Waals surface area contributed by atoms with E-state index in [2.05, 4.69) is 10.3 Å². The van der Waals surface area contributed by atoms with Gasteiger partial charge in [-0.15, -0.1) is 0 Å². The molecule has 0 aliphatic heterocycles. The Morgan fingerprint density at radius 1 is 1.43 bits per heavy atom. The van der Waals surface area contributed by atoms with Crippen LogP contribution in [0.5, 0.6) is 0 Å². The van der Waals surface area contributed by atoms with Crippen molar-refractivity contribution >= 4 is 11.6 Å². The van der Waals surface area contributed by atoms with E-state index < -0.39 is 5.91 Å². The van der Waals surface area contributed by atoms with Crippen molar-refractivity contribution in [3.63, 3.8) is 0 Å². The first-order valence-corrected chi connectivity index (χ1v) is 7.81. The van der Waals surface area contributed by atoms with Crippen molar-refractivity contribution in [3.05, 3.63) is 46.0 Å². The Kier molecular flexibility index (Phi) is 3.93. The van der Waals surface area contributed by atoms with Gasteiger partial charge in [-0.05, 0) is 44.7 Å². The number of aromatic nitrogens is 2. The third-order valence-corrected chi connectivity index (χ3v) is 4.84. The Hall–Kier alpha value is -2.21. The minimum absolute atomic E-state index is 0.0468. The van der Waals surface area contributed by atoms with Crippen molar-refractivity contribution in [2.45, 2.75) is 44.8 Å². The molecule has 1 fully saturated rings. The molecule has 1 saturated carbocycles. The molecule has 2 heterocycles. The molecule has 2 aromatic heterocycles. The highest BCUT2D eigenvalue weighted by molar-refractivity contribution is 5.94. The average Bonchev–Trinajstić information content (AvgIpc) is 2.47. The van der Waals surface area contributed by atoms with Gasteiger partial charge in [0.25, 0.3) is 11.5 Å². The van der Waals surface area contributed by atoms with Crippen LogP contribution in [0, 0.1) is 6.92 Å². The highest BCUT2D eigenvalue weighted by Gasteiger charge is 2.43. The van der Waals surface area contributed by atoms with Crippen molar-refractivity contribution < 1.29 is 9.53 Å². The van der Waals surface area contributed by atoms with Crippen LogP contribution < -0.4 is 10.9 Å². The van der Waals surface area contributed by atoms with Gasteiger partial charge in [0.1, 0.15) is 11.2 Å². The summed E-state index contributed by atoms with van der Waals surface area (Å²) >= 11 is 0. The van der Waals surface area contributed by atoms with Crippen molar-refractivity contribution in [1.82, 2.24) is 14.7 Å². The average molecular weight is 315 g/mol. The number of pyridine rings is 1. The van der Waals surface area contributed by atoms with E-state index >= 15 is 0 Å².